The summed E-state index contributed by atoms with van der Waals surface area (Å²) in [6.07, 6.45) is 0.765. The Bertz CT molecular complexity index is 794. The molecular formula is C16H13NO4. The molecule has 2 aromatic heterocycles. The molecule has 21 heavy (non-hydrogen) atoms. The molecule has 0 saturated carbocycles. The van der Waals surface area contributed by atoms with Crippen molar-refractivity contribution >= 4 is 16.9 Å². The van der Waals surface area contributed by atoms with E-state index < -0.39 is 12.1 Å². The second kappa shape index (κ2) is 5.38. The maximum absolute atomic E-state index is 11.4. The van der Waals surface area contributed by atoms with E-state index in [-0.39, 0.29) is 5.76 Å². The molecule has 2 heterocycles. The Labute approximate surface area is 120 Å². The summed E-state index contributed by atoms with van der Waals surface area (Å²) in [6.45, 7) is 0. The van der Waals surface area contributed by atoms with Crippen molar-refractivity contribution in [2.24, 2.45) is 0 Å². The predicted octanol–water partition coefficient (Wildman–Crippen LogP) is 2.70. The Kier molecular flexibility index (Phi) is 3.41. The number of esters is 1. The van der Waals surface area contributed by atoms with Crippen molar-refractivity contribution in [3.05, 3.63) is 65.7 Å². The Morgan fingerprint density at radius 2 is 2.14 bits per heavy atom. The van der Waals surface area contributed by atoms with Crippen LogP contribution in [0.15, 0.2) is 53.1 Å². The van der Waals surface area contributed by atoms with Gasteiger partial charge in [0.15, 0.2) is 0 Å². The van der Waals surface area contributed by atoms with Crippen molar-refractivity contribution in [2.45, 2.75) is 6.10 Å². The van der Waals surface area contributed by atoms with Gasteiger partial charge in [-0.25, -0.2) is 4.79 Å². The van der Waals surface area contributed by atoms with E-state index in [1.165, 1.54) is 13.2 Å². The van der Waals surface area contributed by atoms with Gasteiger partial charge in [0.1, 0.15) is 11.9 Å². The zero-order valence-corrected chi connectivity index (χ0v) is 11.3. The van der Waals surface area contributed by atoms with Crippen LogP contribution in [-0.4, -0.2) is 23.2 Å². The highest BCUT2D eigenvalue weighted by Crippen LogP contribution is 2.26. The van der Waals surface area contributed by atoms with Crippen molar-refractivity contribution in [1.29, 1.82) is 0 Å². The monoisotopic (exact) mass is 283 g/mol. The molecule has 1 N–H and O–H groups in total. The van der Waals surface area contributed by atoms with Crippen LogP contribution < -0.4 is 0 Å². The van der Waals surface area contributed by atoms with Crippen LogP contribution in [0.25, 0.3) is 10.9 Å². The van der Waals surface area contributed by atoms with Crippen LogP contribution in [0.5, 0.6) is 0 Å². The summed E-state index contributed by atoms with van der Waals surface area (Å²) in [5.74, 6) is -0.219. The van der Waals surface area contributed by atoms with Gasteiger partial charge in [0.2, 0.25) is 5.76 Å². The smallest absolute Gasteiger partial charge is 0.373 e. The Morgan fingerprint density at radius 1 is 1.29 bits per heavy atom. The number of carbonyl (C=O) groups is 1. The number of hydrogen-bond acceptors (Lipinski definition) is 5. The van der Waals surface area contributed by atoms with Gasteiger partial charge in [-0.1, -0.05) is 12.1 Å². The molecule has 1 unspecified atom stereocenters. The molecule has 1 aromatic carbocycles. The maximum atomic E-state index is 11.4. The second-order valence-electron chi connectivity index (χ2n) is 4.55. The minimum atomic E-state index is -0.951. The van der Waals surface area contributed by atoms with Gasteiger partial charge in [0.25, 0.3) is 0 Å². The molecule has 0 amide bonds. The molecular weight excluding hydrogens is 270 g/mol. The number of aliphatic hydroxyl groups excluding tert-OH is 1. The van der Waals surface area contributed by atoms with Crippen LogP contribution in [-0.2, 0) is 4.74 Å². The molecule has 0 radical (unpaired) electrons. The highest BCUT2D eigenvalue weighted by atomic mass is 16.5. The van der Waals surface area contributed by atoms with Crippen molar-refractivity contribution in [2.75, 3.05) is 7.11 Å². The first-order valence-corrected chi connectivity index (χ1v) is 6.40. The van der Waals surface area contributed by atoms with Gasteiger partial charge in [-0.05, 0) is 35.9 Å². The second-order valence-corrected chi connectivity index (χ2v) is 4.55. The maximum Gasteiger partial charge on any atom is 0.373 e. The number of hydrogen-bond donors (Lipinski definition) is 1. The van der Waals surface area contributed by atoms with E-state index in [2.05, 4.69) is 9.72 Å². The largest absolute Gasteiger partial charge is 0.463 e. The third-order valence-electron chi connectivity index (χ3n) is 3.23. The number of benzene rings is 1. The quantitative estimate of drug-likeness (QED) is 0.748. The lowest BCUT2D eigenvalue weighted by molar-refractivity contribution is 0.0558. The molecule has 3 aromatic rings. The zero-order valence-electron chi connectivity index (χ0n) is 11.3. The molecule has 0 fully saturated rings. The first-order chi connectivity index (χ1) is 10.2. The molecule has 0 aliphatic heterocycles. The van der Waals surface area contributed by atoms with Gasteiger partial charge >= 0.3 is 5.97 Å². The van der Waals surface area contributed by atoms with Crippen LogP contribution in [0.1, 0.15) is 28.0 Å². The predicted molar refractivity (Wildman–Crippen MR) is 75.9 cm³/mol. The number of aliphatic hydroxyl groups is 1. The fraction of sp³-hybridized carbons (Fsp3) is 0.125. The number of carbonyl (C=O) groups excluding carboxylic acids is 1. The first-order valence-electron chi connectivity index (χ1n) is 6.40. The van der Waals surface area contributed by atoms with Crippen molar-refractivity contribution in [3.8, 4) is 0 Å². The minimum Gasteiger partial charge on any atom is -0.463 e. The average molecular weight is 283 g/mol. The van der Waals surface area contributed by atoms with Gasteiger partial charge in [0, 0.05) is 11.6 Å². The van der Waals surface area contributed by atoms with Crippen molar-refractivity contribution in [3.63, 3.8) is 0 Å². The summed E-state index contributed by atoms with van der Waals surface area (Å²) in [5.41, 5.74) is 1.52. The van der Waals surface area contributed by atoms with Gasteiger partial charge < -0.3 is 14.3 Å². The average Bonchev–Trinajstić information content (AvgIpc) is 3.03. The number of fused-ring (bicyclic) bond motifs is 1. The Morgan fingerprint density at radius 3 is 2.95 bits per heavy atom. The normalized spacial score (nSPS) is 12.3. The number of ether oxygens (including phenoxy) is 1. The molecule has 106 valence electrons. The zero-order chi connectivity index (χ0) is 14.8. The highest BCUT2D eigenvalue weighted by molar-refractivity contribution is 5.86. The van der Waals surface area contributed by atoms with E-state index >= 15 is 0 Å². The highest BCUT2D eigenvalue weighted by Gasteiger charge is 2.18. The van der Waals surface area contributed by atoms with Gasteiger partial charge in [-0.3, -0.25) is 4.98 Å². The summed E-state index contributed by atoms with van der Waals surface area (Å²) >= 11 is 0. The third-order valence-corrected chi connectivity index (χ3v) is 3.23. The molecule has 0 spiro atoms. The van der Waals surface area contributed by atoms with E-state index in [1.807, 2.05) is 24.3 Å². The van der Waals surface area contributed by atoms with Crippen LogP contribution in [0.2, 0.25) is 0 Å². The van der Waals surface area contributed by atoms with Gasteiger partial charge in [-0.15, -0.1) is 0 Å². The SMILES string of the molecule is COC(=O)c1ccc(C(O)c2ccc3ncccc3c2)o1. The fourth-order valence-electron chi connectivity index (χ4n) is 2.14. The third kappa shape index (κ3) is 2.51. The lowest BCUT2D eigenvalue weighted by Gasteiger charge is -2.09. The Hall–Kier alpha value is -2.66. The number of aromatic nitrogens is 1. The summed E-state index contributed by atoms with van der Waals surface area (Å²) < 4.78 is 9.89. The molecule has 5 heteroatoms. The number of pyridine rings is 1. The minimum absolute atomic E-state index is 0.0639. The molecule has 1 atom stereocenters. The molecule has 0 bridgehead atoms. The summed E-state index contributed by atoms with van der Waals surface area (Å²) in [4.78, 5) is 15.6. The van der Waals surface area contributed by atoms with Crippen molar-refractivity contribution < 1.29 is 19.1 Å². The lowest BCUT2D eigenvalue weighted by Crippen LogP contribution is -2.00. The van der Waals surface area contributed by atoms with Crippen LogP contribution >= 0.6 is 0 Å². The van der Waals surface area contributed by atoms with Crippen molar-refractivity contribution in [1.82, 2.24) is 4.98 Å². The fourth-order valence-corrected chi connectivity index (χ4v) is 2.14. The van der Waals surface area contributed by atoms with Crippen LogP contribution in [0.4, 0.5) is 0 Å². The first kappa shape index (κ1) is 13.3. The summed E-state index contributed by atoms with van der Waals surface area (Å²) in [7, 11) is 1.28. The van der Waals surface area contributed by atoms with E-state index in [0.717, 1.165) is 10.9 Å². The van der Waals surface area contributed by atoms with E-state index in [0.29, 0.717) is 11.3 Å². The van der Waals surface area contributed by atoms with Gasteiger partial charge in [0.05, 0.1) is 12.6 Å². The number of rotatable bonds is 3. The van der Waals surface area contributed by atoms with Gasteiger partial charge in [-0.2, -0.15) is 0 Å². The topological polar surface area (TPSA) is 72.6 Å². The lowest BCUT2D eigenvalue weighted by atomic mass is 10.0. The van der Waals surface area contributed by atoms with E-state index in [1.54, 1.807) is 18.3 Å². The van der Waals surface area contributed by atoms with Crippen LogP contribution in [0, 0.1) is 0 Å². The summed E-state index contributed by atoms with van der Waals surface area (Å²) in [5, 5.41) is 11.3. The molecule has 0 aliphatic carbocycles. The van der Waals surface area contributed by atoms with Crippen LogP contribution in [0.3, 0.4) is 0 Å². The molecule has 5 nitrogen and oxygen atoms in total. The standard InChI is InChI=1S/C16H13NO4/c1-20-16(19)14-7-6-13(21-14)15(18)11-4-5-12-10(9-11)3-2-8-17-12/h2-9,15,18H,1H3. The molecule has 0 aliphatic rings. The summed E-state index contributed by atoms with van der Waals surface area (Å²) in [6, 6.07) is 12.2. The number of methoxy groups -OCH3 is 1. The number of nitrogens with zero attached hydrogens (tertiary/aromatic N) is 1. The Balaban J connectivity index is 1.94. The number of furan rings is 1. The van der Waals surface area contributed by atoms with E-state index in [9.17, 15) is 9.90 Å². The molecule has 0 saturated heterocycles. The van der Waals surface area contributed by atoms with E-state index in [4.69, 9.17) is 4.42 Å². The molecule has 3 rings (SSSR count).